The summed E-state index contributed by atoms with van der Waals surface area (Å²) in [6, 6.07) is 0. The summed E-state index contributed by atoms with van der Waals surface area (Å²) in [5.74, 6) is -0.889. The van der Waals surface area contributed by atoms with E-state index in [1.807, 2.05) is 0 Å². The number of hydrogen-bond acceptors (Lipinski definition) is 6. The molecule has 6 heteroatoms. The van der Waals surface area contributed by atoms with Gasteiger partial charge in [0.1, 0.15) is 13.2 Å². The lowest BCUT2D eigenvalue weighted by Gasteiger charge is -2.18. The molecule has 0 aliphatic rings. The summed E-state index contributed by atoms with van der Waals surface area (Å²) in [4.78, 5) is 38.0. The third kappa shape index (κ3) is 53.9. The lowest BCUT2D eigenvalue weighted by atomic mass is 10.1. The van der Waals surface area contributed by atoms with Gasteiger partial charge in [0, 0.05) is 19.3 Å². The van der Waals surface area contributed by atoms with Crippen molar-refractivity contribution < 1.29 is 28.6 Å². The molecule has 1 atom stereocenters. The van der Waals surface area contributed by atoms with Gasteiger partial charge in [-0.2, -0.15) is 0 Å². The highest BCUT2D eigenvalue weighted by atomic mass is 16.6. The molecule has 0 heterocycles. The molecule has 0 N–H and O–H groups in total. The second-order valence-electron chi connectivity index (χ2n) is 19.2. The van der Waals surface area contributed by atoms with Gasteiger partial charge in [0.25, 0.3) is 0 Å². The van der Waals surface area contributed by atoms with Gasteiger partial charge < -0.3 is 14.2 Å². The van der Waals surface area contributed by atoms with Crippen molar-refractivity contribution in [2.24, 2.45) is 0 Å². The smallest absolute Gasteiger partial charge is 0.306 e. The van der Waals surface area contributed by atoms with E-state index in [0.29, 0.717) is 19.3 Å². The van der Waals surface area contributed by atoms with Gasteiger partial charge in [-0.3, -0.25) is 14.4 Å². The summed E-state index contributed by atoms with van der Waals surface area (Å²) in [5, 5.41) is 0. The van der Waals surface area contributed by atoms with Crippen LogP contribution >= 0.6 is 0 Å². The van der Waals surface area contributed by atoms with Crippen LogP contribution in [0.3, 0.4) is 0 Å². The summed E-state index contributed by atoms with van der Waals surface area (Å²) < 4.78 is 16.8. The first-order chi connectivity index (χ1) is 33.0. The monoisotopic (exact) mass is 937 g/mol. The Morgan fingerprint density at radius 2 is 0.537 bits per heavy atom. The molecule has 388 valence electrons. The maximum atomic E-state index is 12.8. The number of carbonyl (C=O) groups excluding carboxylic acids is 3. The van der Waals surface area contributed by atoms with Crippen LogP contribution < -0.4 is 0 Å². The fourth-order valence-electron chi connectivity index (χ4n) is 8.13. The predicted molar refractivity (Wildman–Crippen MR) is 288 cm³/mol. The van der Waals surface area contributed by atoms with Gasteiger partial charge in [-0.25, -0.2) is 0 Å². The van der Waals surface area contributed by atoms with Crippen molar-refractivity contribution in [1.29, 1.82) is 0 Å². The van der Waals surface area contributed by atoms with E-state index in [4.69, 9.17) is 14.2 Å². The van der Waals surface area contributed by atoms with E-state index in [9.17, 15) is 14.4 Å². The Morgan fingerprint density at radius 1 is 0.299 bits per heavy atom. The minimum atomic E-state index is -0.780. The molecule has 0 fully saturated rings. The molecule has 0 aromatic heterocycles. The molecule has 0 amide bonds. The molecule has 6 nitrogen and oxygen atoms in total. The first kappa shape index (κ1) is 64.1. The normalized spacial score (nSPS) is 12.5. The summed E-state index contributed by atoms with van der Waals surface area (Å²) in [5.41, 5.74) is 0. The van der Waals surface area contributed by atoms with E-state index in [2.05, 4.69) is 81.5 Å². The number of carbonyl (C=O) groups is 3. The first-order valence-corrected chi connectivity index (χ1v) is 28.8. The predicted octanol–water partition coefficient (Wildman–Crippen LogP) is 19.2. The van der Waals surface area contributed by atoms with E-state index in [1.54, 1.807) is 0 Å². The van der Waals surface area contributed by atoms with Crippen LogP contribution in [0, 0.1) is 0 Å². The van der Waals surface area contributed by atoms with E-state index >= 15 is 0 Å². The summed E-state index contributed by atoms with van der Waals surface area (Å²) >= 11 is 0. The standard InChI is InChI=1S/C61H108O6/c1-4-7-10-13-16-19-21-23-25-27-29-30-32-33-35-37-39-42-45-48-51-54-60(63)66-57-58(56-65-59(62)53-50-47-44-41-18-15-12-9-6-3)67-61(64)55-52-49-46-43-40-38-36-34-31-28-26-24-22-20-17-14-11-8-5-2/h17,20-21,23-24,26-27,29,31,34,58H,4-16,18-19,22,25,28,30,32-33,35-57H2,1-3H3/b20-17-,23-21-,26-24-,29-27-,34-31-. The van der Waals surface area contributed by atoms with Crippen LogP contribution in [0.2, 0.25) is 0 Å². The molecule has 0 aromatic carbocycles. The van der Waals surface area contributed by atoms with E-state index in [1.165, 1.54) is 161 Å². The van der Waals surface area contributed by atoms with Crippen molar-refractivity contribution in [3.8, 4) is 0 Å². The van der Waals surface area contributed by atoms with Crippen LogP contribution in [-0.2, 0) is 28.6 Å². The van der Waals surface area contributed by atoms with E-state index in [0.717, 1.165) is 89.9 Å². The number of rotatable bonds is 52. The van der Waals surface area contributed by atoms with Gasteiger partial charge in [-0.15, -0.1) is 0 Å². The maximum absolute atomic E-state index is 12.8. The zero-order valence-electron chi connectivity index (χ0n) is 44.4. The van der Waals surface area contributed by atoms with Gasteiger partial charge in [-0.05, 0) is 89.9 Å². The SMILES string of the molecule is CCCCC/C=C\C/C=C\C/C=C\CCCCCCCCC(=O)OC(COC(=O)CCCCCCCCCCC)COC(=O)CCCCCCCCCCC/C=C\C/C=C\CCCCCCC. The molecular formula is C61H108O6. The topological polar surface area (TPSA) is 78.9 Å². The Balaban J connectivity index is 4.29. The number of esters is 3. The summed E-state index contributed by atoms with van der Waals surface area (Å²) in [6.07, 6.45) is 69.3. The molecule has 0 aliphatic carbocycles. The van der Waals surface area contributed by atoms with E-state index in [-0.39, 0.29) is 31.1 Å². The number of hydrogen-bond donors (Lipinski definition) is 0. The molecule has 1 unspecified atom stereocenters. The Morgan fingerprint density at radius 3 is 0.866 bits per heavy atom. The minimum Gasteiger partial charge on any atom is -0.462 e. The zero-order valence-corrected chi connectivity index (χ0v) is 44.4. The molecule has 0 saturated carbocycles. The molecule has 0 rings (SSSR count). The molecular weight excluding hydrogens is 829 g/mol. The number of ether oxygens (including phenoxy) is 3. The average Bonchev–Trinajstić information content (AvgIpc) is 3.33. The third-order valence-electron chi connectivity index (χ3n) is 12.5. The fourth-order valence-corrected chi connectivity index (χ4v) is 8.13. The highest BCUT2D eigenvalue weighted by molar-refractivity contribution is 5.71. The molecule has 0 aromatic rings. The number of allylic oxidation sites excluding steroid dienone is 10. The molecule has 0 radical (unpaired) electrons. The maximum Gasteiger partial charge on any atom is 0.306 e. The molecule has 0 aliphatic heterocycles. The van der Waals surface area contributed by atoms with Crippen molar-refractivity contribution in [2.45, 2.75) is 297 Å². The van der Waals surface area contributed by atoms with Gasteiger partial charge in [0.2, 0.25) is 0 Å². The van der Waals surface area contributed by atoms with Crippen LogP contribution in [0.5, 0.6) is 0 Å². The number of unbranched alkanes of at least 4 members (excludes halogenated alkanes) is 31. The van der Waals surface area contributed by atoms with Gasteiger partial charge in [0.15, 0.2) is 6.10 Å². The Hall–Kier alpha value is -2.89. The van der Waals surface area contributed by atoms with Gasteiger partial charge in [-0.1, -0.05) is 242 Å². The quantitative estimate of drug-likeness (QED) is 0.0262. The summed E-state index contributed by atoms with van der Waals surface area (Å²) in [7, 11) is 0. The lowest BCUT2D eigenvalue weighted by Crippen LogP contribution is -2.30. The molecule has 0 saturated heterocycles. The highest BCUT2D eigenvalue weighted by Gasteiger charge is 2.19. The van der Waals surface area contributed by atoms with Crippen LogP contribution in [-0.4, -0.2) is 37.2 Å². The Labute approximate surface area is 415 Å². The summed E-state index contributed by atoms with van der Waals surface area (Å²) in [6.45, 7) is 6.59. The van der Waals surface area contributed by atoms with Crippen molar-refractivity contribution >= 4 is 17.9 Å². The highest BCUT2D eigenvalue weighted by Crippen LogP contribution is 2.15. The van der Waals surface area contributed by atoms with Crippen LogP contribution in [0.15, 0.2) is 60.8 Å². The fraction of sp³-hybridized carbons (Fsp3) is 0.787. The second-order valence-corrected chi connectivity index (χ2v) is 19.2. The minimum absolute atomic E-state index is 0.0792. The van der Waals surface area contributed by atoms with Crippen molar-refractivity contribution in [1.82, 2.24) is 0 Å². The van der Waals surface area contributed by atoms with Crippen LogP contribution in [0.4, 0.5) is 0 Å². The van der Waals surface area contributed by atoms with Crippen LogP contribution in [0.1, 0.15) is 290 Å². The van der Waals surface area contributed by atoms with Crippen molar-refractivity contribution in [3.63, 3.8) is 0 Å². The Bertz CT molecular complexity index is 1210. The van der Waals surface area contributed by atoms with E-state index < -0.39 is 6.10 Å². The molecule has 0 spiro atoms. The first-order valence-electron chi connectivity index (χ1n) is 28.8. The van der Waals surface area contributed by atoms with Crippen molar-refractivity contribution in [3.05, 3.63) is 60.8 Å². The zero-order chi connectivity index (χ0) is 48.6. The molecule has 0 bridgehead atoms. The van der Waals surface area contributed by atoms with Gasteiger partial charge >= 0.3 is 17.9 Å². The third-order valence-corrected chi connectivity index (χ3v) is 12.5. The van der Waals surface area contributed by atoms with Crippen molar-refractivity contribution in [2.75, 3.05) is 13.2 Å². The van der Waals surface area contributed by atoms with Crippen LogP contribution in [0.25, 0.3) is 0 Å². The van der Waals surface area contributed by atoms with Gasteiger partial charge in [0.05, 0.1) is 0 Å². The second kappa shape index (κ2) is 55.7. The average molecular weight is 938 g/mol. The largest absolute Gasteiger partial charge is 0.462 e. The lowest BCUT2D eigenvalue weighted by molar-refractivity contribution is -0.167. The Kier molecular flexibility index (Phi) is 53.3. The molecule has 67 heavy (non-hydrogen) atoms.